The van der Waals surface area contributed by atoms with Gasteiger partial charge in [0.15, 0.2) is 0 Å². The molecular formula is C15H20N2. The number of hydrogen-bond donors (Lipinski definition) is 1. The smallest absolute Gasteiger partial charge is 0.106 e. The lowest BCUT2D eigenvalue weighted by atomic mass is 9.99. The van der Waals surface area contributed by atoms with Gasteiger partial charge in [-0.1, -0.05) is 18.2 Å². The highest BCUT2D eigenvalue weighted by Crippen LogP contribution is 2.15. The van der Waals surface area contributed by atoms with E-state index in [-0.39, 0.29) is 0 Å². The van der Waals surface area contributed by atoms with Gasteiger partial charge in [-0.15, -0.1) is 0 Å². The zero-order chi connectivity index (χ0) is 12.3. The molecule has 1 aromatic carbocycles. The fraction of sp³-hybridized carbons (Fsp3) is 0.400. The Kier molecular flexibility index (Phi) is 3.62. The van der Waals surface area contributed by atoms with Gasteiger partial charge in [0.05, 0.1) is 5.69 Å². The maximum Gasteiger partial charge on any atom is 0.106 e. The Labute approximate surface area is 103 Å². The molecule has 0 bridgehead atoms. The predicted octanol–water partition coefficient (Wildman–Crippen LogP) is 3.51. The second-order valence-electron chi connectivity index (χ2n) is 4.70. The first-order valence-corrected chi connectivity index (χ1v) is 6.23. The molecule has 2 rings (SSSR count). The lowest BCUT2D eigenvalue weighted by molar-refractivity contribution is 0.777. The van der Waals surface area contributed by atoms with Gasteiger partial charge < -0.3 is 4.98 Å². The average molecular weight is 228 g/mol. The first-order chi connectivity index (χ1) is 8.16. The van der Waals surface area contributed by atoms with Crippen molar-refractivity contribution < 1.29 is 0 Å². The van der Waals surface area contributed by atoms with Crippen molar-refractivity contribution in [1.29, 1.82) is 0 Å². The van der Waals surface area contributed by atoms with Gasteiger partial charge in [0.25, 0.3) is 0 Å². The molecule has 0 amide bonds. The number of aromatic nitrogens is 2. The highest BCUT2D eigenvalue weighted by Gasteiger charge is 2.02. The summed E-state index contributed by atoms with van der Waals surface area (Å²) in [6, 6.07) is 6.55. The van der Waals surface area contributed by atoms with Crippen LogP contribution < -0.4 is 0 Å². The van der Waals surface area contributed by atoms with Crippen LogP contribution in [0.1, 0.15) is 34.6 Å². The Bertz CT molecular complexity index is 497. The highest BCUT2D eigenvalue weighted by atomic mass is 14.9. The standard InChI is InChI=1S/C15H20N2/c1-11-6-4-7-14(13(11)3)8-5-9-15-16-10-12(2)17-15/h4,6-7,10H,5,8-9H2,1-3H3,(H,16,17). The monoisotopic (exact) mass is 228 g/mol. The number of aryl methyl sites for hydroxylation is 4. The lowest BCUT2D eigenvalue weighted by Crippen LogP contribution is -1.95. The lowest BCUT2D eigenvalue weighted by Gasteiger charge is -2.07. The fourth-order valence-corrected chi connectivity index (χ4v) is 2.12. The van der Waals surface area contributed by atoms with Gasteiger partial charge >= 0.3 is 0 Å². The van der Waals surface area contributed by atoms with E-state index < -0.39 is 0 Å². The quantitative estimate of drug-likeness (QED) is 0.852. The number of nitrogens with zero attached hydrogens (tertiary/aromatic N) is 1. The Hall–Kier alpha value is -1.57. The predicted molar refractivity (Wildman–Crippen MR) is 71.3 cm³/mol. The molecule has 0 aliphatic carbocycles. The third-order valence-electron chi connectivity index (χ3n) is 3.34. The molecule has 0 aliphatic rings. The first kappa shape index (κ1) is 11.9. The minimum atomic E-state index is 1.03. The number of nitrogens with one attached hydrogen (secondary N) is 1. The molecule has 0 saturated carbocycles. The number of aromatic amines is 1. The molecule has 2 heteroatoms. The van der Waals surface area contributed by atoms with Crippen LogP contribution in [-0.4, -0.2) is 9.97 Å². The molecule has 0 radical (unpaired) electrons. The van der Waals surface area contributed by atoms with Crippen LogP contribution in [0.2, 0.25) is 0 Å². The molecule has 1 heterocycles. The molecule has 17 heavy (non-hydrogen) atoms. The van der Waals surface area contributed by atoms with Gasteiger partial charge in [-0.25, -0.2) is 4.98 Å². The summed E-state index contributed by atoms with van der Waals surface area (Å²) in [5, 5.41) is 0. The summed E-state index contributed by atoms with van der Waals surface area (Å²) in [4.78, 5) is 7.63. The van der Waals surface area contributed by atoms with Gasteiger partial charge in [-0.2, -0.15) is 0 Å². The van der Waals surface area contributed by atoms with Crippen LogP contribution in [0.15, 0.2) is 24.4 Å². The van der Waals surface area contributed by atoms with E-state index in [4.69, 9.17) is 0 Å². The van der Waals surface area contributed by atoms with E-state index in [1.165, 1.54) is 16.7 Å². The second-order valence-corrected chi connectivity index (χ2v) is 4.70. The molecule has 0 aliphatic heterocycles. The molecule has 2 nitrogen and oxygen atoms in total. The zero-order valence-electron chi connectivity index (χ0n) is 10.9. The Balaban J connectivity index is 1.92. The van der Waals surface area contributed by atoms with Crippen molar-refractivity contribution in [3.63, 3.8) is 0 Å². The van der Waals surface area contributed by atoms with E-state index in [2.05, 4.69) is 42.0 Å². The number of rotatable bonds is 4. The Morgan fingerprint density at radius 2 is 1.94 bits per heavy atom. The number of imidazole rings is 1. The molecule has 0 saturated heterocycles. The fourth-order valence-electron chi connectivity index (χ4n) is 2.12. The van der Waals surface area contributed by atoms with Gasteiger partial charge in [-0.3, -0.25) is 0 Å². The maximum absolute atomic E-state index is 4.43. The second kappa shape index (κ2) is 5.17. The average Bonchev–Trinajstić information content (AvgIpc) is 2.70. The van der Waals surface area contributed by atoms with Crippen molar-refractivity contribution in [2.75, 3.05) is 0 Å². The zero-order valence-corrected chi connectivity index (χ0v) is 10.9. The normalized spacial score (nSPS) is 10.8. The summed E-state index contributed by atoms with van der Waals surface area (Å²) < 4.78 is 0. The van der Waals surface area contributed by atoms with Crippen molar-refractivity contribution in [3.8, 4) is 0 Å². The molecular weight excluding hydrogens is 208 g/mol. The molecule has 2 aromatic rings. The van der Waals surface area contributed by atoms with Gasteiger partial charge in [0, 0.05) is 12.6 Å². The van der Waals surface area contributed by atoms with E-state index in [0.29, 0.717) is 0 Å². The van der Waals surface area contributed by atoms with Gasteiger partial charge in [0.2, 0.25) is 0 Å². The van der Waals surface area contributed by atoms with E-state index >= 15 is 0 Å². The van der Waals surface area contributed by atoms with E-state index in [9.17, 15) is 0 Å². The molecule has 0 unspecified atom stereocenters. The van der Waals surface area contributed by atoms with Gasteiger partial charge in [0.1, 0.15) is 5.82 Å². The molecule has 1 aromatic heterocycles. The first-order valence-electron chi connectivity index (χ1n) is 6.23. The van der Waals surface area contributed by atoms with E-state index in [0.717, 1.165) is 30.8 Å². The third-order valence-corrected chi connectivity index (χ3v) is 3.34. The molecule has 0 fully saturated rings. The molecule has 0 atom stereocenters. The molecule has 0 spiro atoms. The minimum Gasteiger partial charge on any atom is -0.348 e. The van der Waals surface area contributed by atoms with Crippen LogP contribution in [0.25, 0.3) is 0 Å². The van der Waals surface area contributed by atoms with Crippen molar-refractivity contribution in [1.82, 2.24) is 9.97 Å². The SMILES string of the molecule is Cc1c[nH]c(CCCc2cccc(C)c2C)n1. The number of benzene rings is 1. The van der Waals surface area contributed by atoms with E-state index in [1.807, 2.05) is 13.1 Å². The molecule has 1 N–H and O–H groups in total. The van der Waals surface area contributed by atoms with Crippen molar-refractivity contribution in [2.45, 2.75) is 40.0 Å². The van der Waals surface area contributed by atoms with Crippen molar-refractivity contribution in [3.05, 3.63) is 52.6 Å². The number of hydrogen-bond acceptors (Lipinski definition) is 1. The summed E-state index contributed by atoms with van der Waals surface area (Å²) in [7, 11) is 0. The maximum atomic E-state index is 4.43. The largest absolute Gasteiger partial charge is 0.348 e. The summed E-state index contributed by atoms with van der Waals surface area (Å²) in [5.74, 6) is 1.10. The Morgan fingerprint density at radius 1 is 1.12 bits per heavy atom. The van der Waals surface area contributed by atoms with Crippen LogP contribution in [-0.2, 0) is 12.8 Å². The highest BCUT2D eigenvalue weighted by molar-refractivity contribution is 5.33. The topological polar surface area (TPSA) is 28.7 Å². The third kappa shape index (κ3) is 2.96. The molecule has 90 valence electrons. The van der Waals surface area contributed by atoms with Gasteiger partial charge in [-0.05, 0) is 50.3 Å². The van der Waals surface area contributed by atoms with Crippen LogP contribution in [0.3, 0.4) is 0 Å². The number of H-pyrrole nitrogens is 1. The summed E-state index contributed by atoms with van der Waals surface area (Å²) >= 11 is 0. The Morgan fingerprint density at radius 3 is 2.65 bits per heavy atom. The van der Waals surface area contributed by atoms with Crippen LogP contribution >= 0.6 is 0 Å². The van der Waals surface area contributed by atoms with Crippen molar-refractivity contribution in [2.24, 2.45) is 0 Å². The van der Waals surface area contributed by atoms with Crippen LogP contribution in [0.5, 0.6) is 0 Å². The minimum absolute atomic E-state index is 1.03. The summed E-state index contributed by atoms with van der Waals surface area (Å²) in [6.07, 6.45) is 5.28. The van der Waals surface area contributed by atoms with E-state index in [1.54, 1.807) is 0 Å². The summed E-state index contributed by atoms with van der Waals surface area (Å²) in [5.41, 5.74) is 5.36. The van der Waals surface area contributed by atoms with Crippen LogP contribution in [0, 0.1) is 20.8 Å². The van der Waals surface area contributed by atoms with Crippen molar-refractivity contribution >= 4 is 0 Å². The van der Waals surface area contributed by atoms with Crippen LogP contribution in [0.4, 0.5) is 0 Å². The summed E-state index contributed by atoms with van der Waals surface area (Å²) in [6.45, 7) is 6.40.